The van der Waals surface area contributed by atoms with E-state index in [4.69, 9.17) is 0 Å². The quantitative estimate of drug-likeness (QED) is 0.236. The van der Waals surface area contributed by atoms with Gasteiger partial charge in [-0.2, -0.15) is 0 Å². The second-order valence-corrected chi connectivity index (χ2v) is 10.2. The Kier molecular flexibility index (Phi) is 7.07. The molecule has 5 aromatic rings. The molecule has 0 aliphatic rings. The zero-order chi connectivity index (χ0) is 27.7. The van der Waals surface area contributed by atoms with Crippen molar-refractivity contribution in [3.8, 4) is 11.1 Å². The van der Waals surface area contributed by atoms with Gasteiger partial charge in [0, 0.05) is 28.7 Å². The van der Waals surface area contributed by atoms with Gasteiger partial charge in [0.1, 0.15) is 0 Å². The Morgan fingerprint density at radius 3 is 2.33 bits per heavy atom. The lowest BCUT2D eigenvalue weighted by molar-refractivity contribution is 0.0697. The summed E-state index contributed by atoms with van der Waals surface area (Å²) < 4.78 is 2.27. The van der Waals surface area contributed by atoms with Crippen molar-refractivity contribution in [3.63, 3.8) is 0 Å². The van der Waals surface area contributed by atoms with Gasteiger partial charge in [0.05, 0.1) is 11.6 Å². The van der Waals surface area contributed by atoms with Crippen LogP contribution in [-0.2, 0) is 6.54 Å². The summed E-state index contributed by atoms with van der Waals surface area (Å²) in [6.45, 7) is 8.92. The molecule has 39 heavy (non-hydrogen) atoms. The molecule has 1 heterocycles. The van der Waals surface area contributed by atoms with E-state index in [-0.39, 0.29) is 11.9 Å². The first kappa shape index (κ1) is 26.0. The van der Waals surface area contributed by atoms with Crippen LogP contribution in [-0.4, -0.2) is 21.6 Å². The number of aryl methyl sites for hydroxylation is 2. The predicted molar refractivity (Wildman–Crippen MR) is 156 cm³/mol. The Labute approximate surface area is 228 Å². The fourth-order valence-electron chi connectivity index (χ4n) is 5.19. The molecule has 0 aliphatic heterocycles. The number of hydrogen-bond acceptors (Lipinski definition) is 2. The van der Waals surface area contributed by atoms with Gasteiger partial charge in [-0.25, -0.2) is 4.79 Å². The number of nitrogens with one attached hydrogen (secondary N) is 1. The van der Waals surface area contributed by atoms with E-state index in [0.717, 1.165) is 38.9 Å². The maximum absolute atomic E-state index is 13.1. The molecule has 1 amide bonds. The van der Waals surface area contributed by atoms with Gasteiger partial charge in [-0.3, -0.25) is 4.79 Å². The number of carboxylic acids is 1. The van der Waals surface area contributed by atoms with E-state index in [1.807, 2.05) is 73.7 Å². The standard InChI is InChI=1S/C34H32N2O3/c1-21-8-7-9-27(18-21)23(3)35-33(37)28-16-17-32-31(19-28)22(2)24(4)36(32)20-25-12-14-26(15-13-25)29-10-5-6-11-30(29)34(38)39/h5-19,23H,20H2,1-4H3,(H,35,37)(H,38,39). The Hall–Kier alpha value is -4.64. The van der Waals surface area contributed by atoms with E-state index < -0.39 is 5.97 Å². The molecule has 5 heteroatoms. The summed E-state index contributed by atoms with van der Waals surface area (Å²) in [6.07, 6.45) is 0. The molecule has 4 aromatic carbocycles. The Morgan fingerprint density at radius 2 is 1.62 bits per heavy atom. The highest BCUT2D eigenvalue weighted by Crippen LogP contribution is 2.29. The van der Waals surface area contributed by atoms with Gasteiger partial charge in [0.15, 0.2) is 0 Å². The van der Waals surface area contributed by atoms with Crippen molar-refractivity contribution in [1.82, 2.24) is 9.88 Å². The van der Waals surface area contributed by atoms with Crippen molar-refractivity contribution in [1.29, 1.82) is 0 Å². The van der Waals surface area contributed by atoms with Crippen molar-refractivity contribution in [2.75, 3.05) is 0 Å². The molecule has 1 unspecified atom stereocenters. The number of nitrogens with zero attached hydrogens (tertiary/aromatic N) is 1. The van der Waals surface area contributed by atoms with Crippen LogP contribution in [0.2, 0.25) is 0 Å². The molecule has 0 bridgehead atoms. The van der Waals surface area contributed by atoms with E-state index in [2.05, 4.69) is 42.8 Å². The van der Waals surface area contributed by atoms with E-state index in [0.29, 0.717) is 23.2 Å². The molecule has 0 spiro atoms. The third-order valence-corrected chi connectivity index (χ3v) is 7.55. The van der Waals surface area contributed by atoms with E-state index in [9.17, 15) is 14.7 Å². The van der Waals surface area contributed by atoms with Crippen LogP contribution in [0.5, 0.6) is 0 Å². The normalized spacial score (nSPS) is 11.9. The number of fused-ring (bicyclic) bond motifs is 1. The molecular weight excluding hydrogens is 484 g/mol. The van der Waals surface area contributed by atoms with Crippen LogP contribution in [0, 0.1) is 20.8 Å². The van der Waals surface area contributed by atoms with Crippen molar-refractivity contribution in [3.05, 3.63) is 130 Å². The number of benzene rings is 4. The topological polar surface area (TPSA) is 71.3 Å². The van der Waals surface area contributed by atoms with Crippen LogP contribution in [0.1, 0.15) is 61.6 Å². The van der Waals surface area contributed by atoms with Gasteiger partial charge in [-0.05, 0) is 79.8 Å². The Morgan fingerprint density at radius 1 is 0.872 bits per heavy atom. The summed E-state index contributed by atoms with van der Waals surface area (Å²) in [6, 6.07) is 29.1. The molecule has 5 nitrogen and oxygen atoms in total. The number of carboxylic acid groups (broad SMARTS) is 1. The van der Waals surface area contributed by atoms with Gasteiger partial charge < -0.3 is 15.0 Å². The van der Waals surface area contributed by atoms with Crippen molar-refractivity contribution in [2.45, 2.75) is 40.3 Å². The highest BCUT2D eigenvalue weighted by Gasteiger charge is 2.17. The van der Waals surface area contributed by atoms with E-state index in [1.54, 1.807) is 12.1 Å². The SMILES string of the molecule is Cc1cccc(C(C)NC(=O)c2ccc3c(c2)c(C)c(C)n3Cc2ccc(-c3ccccc3C(=O)O)cc2)c1. The first-order chi connectivity index (χ1) is 18.7. The number of amides is 1. The first-order valence-corrected chi connectivity index (χ1v) is 13.1. The minimum Gasteiger partial charge on any atom is -0.478 e. The van der Waals surface area contributed by atoms with Gasteiger partial charge >= 0.3 is 5.97 Å². The molecule has 0 saturated heterocycles. The largest absolute Gasteiger partial charge is 0.478 e. The minimum absolute atomic E-state index is 0.0899. The fourth-order valence-corrected chi connectivity index (χ4v) is 5.19. The van der Waals surface area contributed by atoms with E-state index in [1.165, 1.54) is 5.56 Å². The lowest BCUT2D eigenvalue weighted by atomic mass is 9.99. The van der Waals surface area contributed by atoms with Crippen LogP contribution >= 0.6 is 0 Å². The number of aromatic nitrogens is 1. The molecule has 5 rings (SSSR count). The Bertz CT molecular complexity index is 1700. The summed E-state index contributed by atoms with van der Waals surface area (Å²) >= 11 is 0. The third-order valence-electron chi connectivity index (χ3n) is 7.55. The number of carbonyl (C=O) groups is 2. The van der Waals surface area contributed by atoms with Gasteiger partial charge in [-0.15, -0.1) is 0 Å². The molecule has 0 saturated carbocycles. The van der Waals surface area contributed by atoms with Crippen molar-refractivity contribution in [2.24, 2.45) is 0 Å². The zero-order valence-corrected chi connectivity index (χ0v) is 22.7. The maximum Gasteiger partial charge on any atom is 0.336 e. The number of rotatable bonds is 7. The smallest absolute Gasteiger partial charge is 0.336 e. The van der Waals surface area contributed by atoms with Gasteiger partial charge in [0.2, 0.25) is 0 Å². The van der Waals surface area contributed by atoms with Crippen molar-refractivity contribution < 1.29 is 14.7 Å². The van der Waals surface area contributed by atoms with Crippen LogP contribution < -0.4 is 5.32 Å². The molecule has 2 N–H and O–H groups in total. The number of hydrogen-bond donors (Lipinski definition) is 2. The fraction of sp³-hybridized carbons (Fsp3) is 0.176. The molecule has 1 aromatic heterocycles. The minimum atomic E-state index is -0.933. The van der Waals surface area contributed by atoms with Crippen LogP contribution in [0.3, 0.4) is 0 Å². The van der Waals surface area contributed by atoms with Crippen LogP contribution in [0.25, 0.3) is 22.0 Å². The van der Waals surface area contributed by atoms with Gasteiger partial charge in [-0.1, -0.05) is 72.3 Å². The highest BCUT2D eigenvalue weighted by atomic mass is 16.4. The lowest BCUT2D eigenvalue weighted by Crippen LogP contribution is -2.26. The van der Waals surface area contributed by atoms with Gasteiger partial charge in [0.25, 0.3) is 5.91 Å². The second kappa shape index (κ2) is 10.6. The molecule has 0 aliphatic carbocycles. The Balaban J connectivity index is 1.39. The molecule has 0 radical (unpaired) electrons. The molecular formula is C34H32N2O3. The maximum atomic E-state index is 13.1. The summed E-state index contributed by atoms with van der Waals surface area (Å²) in [5, 5.41) is 13.7. The highest BCUT2D eigenvalue weighted by molar-refractivity contribution is 5.99. The summed E-state index contributed by atoms with van der Waals surface area (Å²) in [5.41, 5.74) is 9.26. The van der Waals surface area contributed by atoms with Crippen molar-refractivity contribution >= 4 is 22.8 Å². The average molecular weight is 517 g/mol. The summed E-state index contributed by atoms with van der Waals surface area (Å²) in [5.74, 6) is -1.02. The predicted octanol–water partition coefficient (Wildman–Crippen LogP) is 7.47. The lowest BCUT2D eigenvalue weighted by Gasteiger charge is -2.15. The third kappa shape index (κ3) is 5.21. The average Bonchev–Trinajstić information content (AvgIpc) is 3.17. The molecule has 1 atom stereocenters. The summed E-state index contributed by atoms with van der Waals surface area (Å²) in [4.78, 5) is 24.7. The first-order valence-electron chi connectivity index (χ1n) is 13.1. The second-order valence-electron chi connectivity index (χ2n) is 10.2. The molecule has 196 valence electrons. The van der Waals surface area contributed by atoms with E-state index >= 15 is 0 Å². The summed E-state index contributed by atoms with van der Waals surface area (Å²) in [7, 11) is 0. The van der Waals surface area contributed by atoms with Crippen LogP contribution in [0.4, 0.5) is 0 Å². The zero-order valence-electron chi connectivity index (χ0n) is 22.7. The monoisotopic (exact) mass is 516 g/mol. The number of aromatic carboxylic acids is 1. The molecule has 0 fully saturated rings. The van der Waals surface area contributed by atoms with Crippen LogP contribution in [0.15, 0.2) is 91.0 Å². The number of carbonyl (C=O) groups excluding carboxylic acids is 1.